The maximum atomic E-state index is 11.1. The molecule has 0 N–H and O–H groups in total. The number of hydrogen-bond acceptors (Lipinski definition) is 3. The third-order valence-corrected chi connectivity index (χ3v) is 1.59. The Kier molecular flexibility index (Phi) is 2.60. The van der Waals surface area contributed by atoms with Crippen molar-refractivity contribution in [2.75, 3.05) is 7.11 Å². The third-order valence-electron chi connectivity index (χ3n) is 1.59. The average molecular weight is 176 g/mol. The van der Waals surface area contributed by atoms with Gasteiger partial charge in [-0.3, -0.25) is 0 Å². The van der Waals surface area contributed by atoms with E-state index in [4.69, 9.17) is 6.57 Å². The molecular formula is C9H8N2O2. The summed E-state index contributed by atoms with van der Waals surface area (Å²) in [5, 5.41) is 0. The number of rotatable bonds is 1. The zero-order chi connectivity index (χ0) is 9.84. The Hall–Kier alpha value is -1.89. The van der Waals surface area contributed by atoms with Crippen molar-refractivity contribution in [2.24, 2.45) is 0 Å². The lowest BCUT2D eigenvalue weighted by atomic mass is 10.2. The topological polar surface area (TPSA) is 43.5 Å². The maximum Gasteiger partial charge on any atom is 0.341 e. The van der Waals surface area contributed by atoms with Gasteiger partial charge in [-0.25, -0.2) is 4.79 Å². The molecule has 0 atom stereocenters. The van der Waals surface area contributed by atoms with E-state index in [2.05, 4.69) is 14.6 Å². The molecule has 1 aromatic rings. The summed E-state index contributed by atoms with van der Waals surface area (Å²) in [4.78, 5) is 18.1. The fourth-order valence-corrected chi connectivity index (χ4v) is 0.936. The molecule has 1 aromatic heterocycles. The molecular weight excluding hydrogens is 168 g/mol. The summed E-state index contributed by atoms with van der Waals surface area (Å²) in [5.74, 6) is -0.147. The molecule has 0 aliphatic heterocycles. The first-order chi connectivity index (χ1) is 6.19. The van der Waals surface area contributed by atoms with Gasteiger partial charge in [-0.15, -0.1) is 4.98 Å². The molecule has 0 unspecified atom stereocenters. The Balaban J connectivity index is 3.14. The highest BCUT2D eigenvalue weighted by molar-refractivity contribution is 5.90. The second kappa shape index (κ2) is 3.68. The fourth-order valence-electron chi connectivity index (χ4n) is 0.936. The summed E-state index contributed by atoms with van der Waals surface area (Å²) in [6.45, 7) is 8.38. The normalized spacial score (nSPS) is 9.00. The Bertz CT molecular complexity index is 380. The number of carbonyl (C=O) groups is 1. The molecule has 13 heavy (non-hydrogen) atoms. The van der Waals surface area contributed by atoms with Gasteiger partial charge in [-0.2, -0.15) is 0 Å². The van der Waals surface area contributed by atoms with E-state index in [1.807, 2.05) is 0 Å². The van der Waals surface area contributed by atoms with Gasteiger partial charge < -0.3 is 9.58 Å². The lowest BCUT2D eigenvalue weighted by Gasteiger charge is -1.99. The van der Waals surface area contributed by atoms with Crippen LogP contribution in [0.3, 0.4) is 0 Å². The van der Waals surface area contributed by atoms with Gasteiger partial charge in [0, 0.05) is 6.92 Å². The van der Waals surface area contributed by atoms with Crippen molar-refractivity contribution in [3.8, 4) is 0 Å². The number of ether oxygens (including phenoxy) is 1. The first kappa shape index (κ1) is 9.20. The van der Waals surface area contributed by atoms with Crippen molar-refractivity contribution in [3.63, 3.8) is 0 Å². The predicted molar refractivity (Wildman–Crippen MR) is 46.6 cm³/mol. The van der Waals surface area contributed by atoms with Crippen LogP contribution in [-0.4, -0.2) is 18.1 Å². The second-order valence-electron chi connectivity index (χ2n) is 2.41. The maximum absolute atomic E-state index is 11.1. The average Bonchev–Trinajstić information content (AvgIpc) is 2.16. The van der Waals surface area contributed by atoms with E-state index in [9.17, 15) is 4.79 Å². The smallest absolute Gasteiger partial charge is 0.341 e. The summed E-state index contributed by atoms with van der Waals surface area (Å²) in [5.41, 5.74) is 0.912. The molecule has 4 heteroatoms. The van der Waals surface area contributed by atoms with Crippen molar-refractivity contribution >= 4 is 11.8 Å². The van der Waals surface area contributed by atoms with Crippen molar-refractivity contribution in [3.05, 3.63) is 34.8 Å². The van der Waals surface area contributed by atoms with Crippen LogP contribution in [0, 0.1) is 13.5 Å². The minimum absolute atomic E-state index is 0.283. The van der Waals surface area contributed by atoms with E-state index >= 15 is 0 Å². The zero-order valence-corrected chi connectivity index (χ0v) is 7.37. The van der Waals surface area contributed by atoms with E-state index in [-0.39, 0.29) is 5.82 Å². The van der Waals surface area contributed by atoms with Gasteiger partial charge in [0.05, 0.1) is 7.11 Å². The number of aromatic nitrogens is 1. The molecule has 1 heterocycles. The summed E-state index contributed by atoms with van der Waals surface area (Å²) in [7, 11) is 1.31. The van der Waals surface area contributed by atoms with E-state index in [0.717, 1.165) is 0 Å². The third kappa shape index (κ3) is 1.82. The number of pyridine rings is 1. The van der Waals surface area contributed by atoms with Crippen LogP contribution in [0.5, 0.6) is 0 Å². The Morgan fingerprint density at radius 3 is 2.77 bits per heavy atom. The highest BCUT2D eigenvalue weighted by atomic mass is 16.5. The Labute approximate surface area is 76.0 Å². The molecule has 0 amide bonds. The van der Waals surface area contributed by atoms with Gasteiger partial charge in [0.25, 0.3) is 5.82 Å². The first-order valence-corrected chi connectivity index (χ1v) is 3.62. The van der Waals surface area contributed by atoms with Crippen molar-refractivity contribution in [1.29, 1.82) is 0 Å². The largest absolute Gasteiger partial charge is 0.465 e. The molecule has 0 bridgehead atoms. The van der Waals surface area contributed by atoms with Gasteiger partial charge in [-0.05, 0) is 6.07 Å². The van der Waals surface area contributed by atoms with Crippen LogP contribution >= 0.6 is 0 Å². The van der Waals surface area contributed by atoms with Gasteiger partial charge >= 0.3 is 5.97 Å². The van der Waals surface area contributed by atoms with E-state index < -0.39 is 5.97 Å². The number of hydrogen-bond donors (Lipinski definition) is 0. The van der Waals surface area contributed by atoms with Crippen LogP contribution in [0.15, 0.2) is 12.1 Å². The monoisotopic (exact) mass is 176 g/mol. The SMILES string of the molecule is [C-]#[N+]c1ccc(C(=O)OC)c(C)n1. The molecule has 0 aromatic carbocycles. The van der Waals surface area contributed by atoms with E-state index in [1.54, 1.807) is 13.0 Å². The van der Waals surface area contributed by atoms with Crippen LogP contribution in [0.25, 0.3) is 4.85 Å². The Morgan fingerprint density at radius 2 is 2.31 bits per heavy atom. The van der Waals surface area contributed by atoms with Gasteiger partial charge in [0.1, 0.15) is 11.3 Å². The minimum Gasteiger partial charge on any atom is -0.465 e. The summed E-state index contributed by atoms with van der Waals surface area (Å²) >= 11 is 0. The second-order valence-corrected chi connectivity index (χ2v) is 2.41. The van der Waals surface area contributed by atoms with Crippen LogP contribution in [0.2, 0.25) is 0 Å². The highest BCUT2D eigenvalue weighted by Crippen LogP contribution is 2.13. The molecule has 66 valence electrons. The quantitative estimate of drug-likeness (QED) is 0.483. The van der Waals surface area contributed by atoms with Crippen molar-refractivity contribution in [2.45, 2.75) is 6.92 Å². The molecule has 0 saturated carbocycles. The van der Waals surface area contributed by atoms with Gasteiger partial charge in [0.2, 0.25) is 0 Å². The van der Waals surface area contributed by atoms with Crippen LogP contribution in [-0.2, 0) is 4.74 Å². The van der Waals surface area contributed by atoms with Gasteiger partial charge in [0.15, 0.2) is 0 Å². The molecule has 0 fully saturated rings. The standard InChI is InChI=1S/C9H8N2O2/c1-6-7(9(12)13-3)4-5-8(10-2)11-6/h4-5H,1,3H3. The molecule has 1 rings (SSSR count). The molecule has 0 aliphatic rings. The number of aryl methyl sites for hydroxylation is 1. The van der Waals surface area contributed by atoms with Crippen LogP contribution in [0.4, 0.5) is 5.82 Å². The number of esters is 1. The number of nitrogens with zero attached hydrogens (tertiary/aromatic N) is 2. The highest BCUT2D eigenvalue weighted by Gasteiger charge is 2.12. The summed E-state index contributed by atoms with van der Waals surface area (Å²) in [6.07, 6.45) is 0. The lowest BCUT2D eigenvalue weighted by molar-refractivity contribution is 0.0599. The lowest BCUT2D eigenvalue weighted by Crippen LogP contribution is -2.04. The molecule has 0 saturated heterocycles. The summed E-state index contributed by atoms with van der Waals surface area (Å²) < 4.78 is 4.53. The molecule has 0 radical (unpaired) electrons. The minimum atomic E-state index is -0.429. The van der Waals surface area contributed by atoms with Crippen molar-refractivity contribution < 1.29 is 9.53 Å². The first-order valence-electron chi connectivity index (χ1n) is 3.62. The summed E-state index contributed by atoms with van der Waals surface area (Å²) in [6, 6.07) is 3.04. The van der Waals surface area contributed by atoms with Gasteiger partial charge in [-0.1, -0.05) is 12.6 Å². The predicted octanol–water partition coefficient (Wildman–Crippen LogP) is 1.73. The molecule has 0 aliphatic carbocycles. The fraction of sp³-hybridized carbons (Fsp3) is 0.222. The van der Waals surface area contributed by atoms with Crippen LogP contribution < -0.4 is 0 Å². The Morgan fingerprint density at radius 1 is 1.62 bits per heavy atom. The number of methoxy groups -OCH3 is 1. The van der Waals surface area contributed by atoms with E-state index in [0.29, 0.717) is 11.3 Å². The molecule has 0 spiro atoms. The zero-order valence-electron chi connectivity index (χ0n) is 7.37. The van der Waals surface area contributed by atoms with E-state index in [1.165, 1.54) is 13.2 Å². The van der Waals surface area contributed by atoms with Crippen LogP contribution in [0.1, 0.15) is 16.1 Å². The van der Waals surface area contributed by atoms with Crippen molar-refractivity contribution in [1.82, 2.24) is 4.98 Å². The molecule has 4 nitrogen and oxygen atoms in total. The number of carbonyl (C=O) groups excluding carboxylic acids is 1.